The Morgan fingerprint density at radius 3 is 2.68 bits per heavy atom. The summed E-state index contributed by atoms with van der Waals surface area (Å²) in [5.41, 5.74) is 0.568. The zero-order valence-corrected chi connectivity index (χ0v) is 12.8. The van der Waals surface area contributed by atoms with Crippen LogP contribution in [0.25, 0.3) is 0 Å². The maximum atomic E-state index is 12.6. The second kappa shape index (κ2) is 7.73. The zero-order chi connectivity index (χ0) is 15.9. The van der Waals surface area contributed by atoms with Gasteiger partial charge in [0, 0.05) is 24.9 Å². The summed E-state index contributed by atoms with van der Waals surface area (Å²) in [7, 11) is 0. The molecule has 1 fully saturated rings. The summed E-state index contributed by atoms with van der Waals surface area (Å²) in [5.74, 6) is -0.449. The third-order valence-corrected chi connectivity index (χ3v) is 3.78. The number of likely N-dealkylation sites (tertiary alicyclic amines) is 1. The summed E-state index contributed by atoms with van der Waals surface area (Å²) in [5, 5.41) is 0. The molecule has 0 spiro atoms. The van der Waals surface area contributed by atoms with Crippen molar-refractivity contribution in [1.29, 1.82) is 0 Å². The van der Waals surface area contributed by atoms with Crippen molar-refractivity contribution in [2.45, 2.75) is 38.6 Å². The molecule has 0 aliphatic carbocycles. The Hall–Kier alpha value is -2.17. The predicted octanol–water partition coefficient (Wildman–Crippen LogP) is 2.20. The Balaban J connectivity index is 2.08. The van der Waals surface area contributed by atoms with Crippen molar-refractivity contribution in [3.05, 3.63) is 35.9 Å². The van der Waals surface area contributed by atoms with E-state index in [1.807, 2.05) is 6.07 Å². The van der Waals surface area contributed by atoms with E-state index in [1.165, 1.54) is 0 Å². The first-order valence-corrected chi connectivity index (χ1v) is 7.68. The molecule has 1 aliphatic rings. The van der Waals surface area contributed by atoms with E-state index >= 15 is 0 Å². The number of carbonyl (C=O) groups is 3. The molecule has 0 N–H and O–H groups in total. The summed E-state index contributed by atoms with van der Waals surface area (Å²) in [4.78, 5) is 37.8. The smallest absolute Gasteiger partial charge is 0.305 e. The highest BCUT2D eigenvalue weighted by molar-refractivity contribution is 5.98. The van der Waals surface area contributed by atoms with Crippen LogP contribution in [0.15, 0.2) is 30.3 Å². The summed E-state index contributed by atoms with van der Waals surface area (Å²) in [6.07, 6.45) is 1.62. The topological polar surface area (TPSA) is 63.7 Å². The standard InChI is InChI=1S/C17H21NO4/c1-2-22-16(20)11-10-14-15(19)9-6-12-18(14)17(21)13-7-4-3-5-8-13/h3-5,7-8,14H,2,6,9-12H2,1H3. The van der Waals surface area contributed by atoms with Crippen molar-refractivity contribution >= 4 is 17.7 Å². The molecule has 118 valence electrons. The molecule has 1 aliphatic heterocycles. The van der Waals surface area contributed by atoms with Crippen LogP contribution in [-0.4, -0.2) is 41.8 Å². The van der Waals surface area contributed by atoms with Gasteiger partial charge in [-0.15, -0.1) is 0 Å². The first-order valence-electron chi connectivity index (χ1n) is 7.68. The van der Waals surface area contributed by atoms with E-state index in [2.05, 4.69) is 0 Å². The van der Waals surface area contributed by atoms with E-state index in [-0.39, 0.29) is 24.1 Å². The van der Waals surface area contributed by atoms with Gasteiger partial charge in [-0.3, -0.25) is 14.4 Å². The lowest BCUT2D eigenvalue weighted by atomic mass is 9.95. The number of Topliss-reactive ketones (excluding diaryl/α,β-unsaturated/α-hetero) is 1. The fraction of sp³-hybridized carbons (Fsp3) is 0.471. The van der Waals surface area contributed by atoms with Gasteiger partial charge in [0.25, 0.3) is 5.91 Å². The van der Waals surface area contributed by atoms with Gasteiger partial charge in [0.15, 0.2) is 5.78 Å². The molecule has 0 radical (unpaired) electrons. The molecule has 1 amide bonds. The zero-order valence-electron chi connectivity index (χ0n) is 12.8. The fourth-order valence-electron chi connectivity index (χ4n) is 2.71. The molecule has 1 unspecified atom stereocenters. The van der Waals surface area contributed by atoms with Crippen LogP contribution in [0.1, 0.15) is 43.0 Å². The lowest BCUT2D eigenvalue weighted by Crippen LogP contribution is -2.49. The Morgan fingerprint density at radius 2 is 2.00 bits per heavy atom. The summed E-state index contributed by atoms with van der Waals surface area (Å²) in [6.45, 7) is 2.62. The number of benzene rings is 1. The van der Waals surface area contributed by atoms with Gasteiger partial charge in [0.1, 0.15) is 0 Å². The molecule has 0 saturated carbocycles. The van der Waals surface area contributed by atoms with Gasteiger partial charge in [-0.05, 0) is 31.9 Å². The Bertz CT molecular complexity index is 541. The summed E-state index contributed by atoms with van der Waals surface area (Å²) >= 11 is 0. The van der Waals surface area contributed by atoms with Gasteiger partial charge in [-0.25, -0.2) is 0 Å². The minimum absolute atomic E-state index is 0.0276. The number of nitrogens with zero attached hydrogens (tertiary/aromatic N) is 1. The first-order chi connectivity index (χ1) is 10.6. The number of piperidine rings is 1. The average molecular weight is 303 g/mol. The van der Waals surface area contributed by atoms with Gasteiger partial charge in [0.2, 0.25) is 0 Å². The Kier molecular flexibility index (Phi) is 5.69. The average Bonchev–Trinajstić information content (AvgIpc) is 2.54. The molecule has 1 aromatic carbocycles. The van der Waals surface area contributed by atoms with E-state index in [0.29, 0.717) is 38.0 Å². The van der Waals surface area contributed by atoms with Gasteiger partial charge in [-0.2, -0.15) is 0 Å². The molecule has 2 rings (SSSR count). The molecular formula is C17H21NO4. The highest BCUT2D eigenvalue weighted by Crippen LogP contribution is 2.21. The molecule has 5 nitrogen and oxygen atoms in total. The number of carbonyl (C=O) groups excluding carboxylic acids is 3. The second-order valence-corrected chi connectivity index (χ2v) is 5.29. The fourth-order valence-corrected chi connectivity index (χ4v) is 2.71. The highest BCUT2D eigenvalue weighted by Gasteiger charge is 2.33. The molecule has 22 heavy (non-hydrogen) atoms. The maximum Gasteiger partial charge on any atom is 0.305 e. The van der Waals surface area contributed by atoms with Gasteiger partial charge in [0.05, 0.1) is 12.6 Å². The highest BCUT2D eigenvalue weighted by atomic mass is 16.5. The van der Waals surface area contributed by atoms with Crippen molar-refractivity contribution < 1.29 is 19.1 Å². The minimum atomic E-state index is -0.522. The van der Waals surface area contributed by atoms with Gasteiger partial charge < -0.3 is 9.64 Å². The number of ketones is 1. The normalized spacial score (nSPS) is 18.1. The van der Waals surface area contributed by atoms with Crippen LogP contribution in [0.4, 0.5) is 0 Å². The molecule has 1 atom stereocenters. The predicted molar refractivity (Wildman–Crippen MR) is 81.4 cm³/mol. The van der Waals surface area contributed by atoms with E-state index < -0.39 is 6.04 Å². The quantitative estimate of drug-likeness (QED) is 0.782. The number of rotatable bonds is 5. The molecule has 1 aromatic rings. The molecule has 1 saturated heterocycles. The number of amides is 1. The van der Waals surface area contributed by atoms with Crippen LogP contribution in [-0.2, 0) is 14.3 Å². The van der Waals surface area contributed by atoms with Crippen LogP contribution < -0.4 is 0 Å². The lowest BCUT2D eigenvalue weighted by molar-refractivity contribution is -0.143. The third kappa shape index (κ3) is 3.93. The molecule has 1 heterocycles. The van der Waals surface area contributed by atoms with Crippen molar-refractivity contribution in [1.82, 2.24) is 4.90 Å². The van der Waals surface area contributed by atoms with Gasteiger partial charge in [-0.1, -0.05) is 18.2 Å². The summed E-state index contributed by atoms with van der Waals surface area (Å²) in [6, 6.07) is 8.40. The van der Waals surface area contributed by atoms with E-state index in [9.17, 15) is 14.4 Å². The minimum Gasteiger partial charge on any atom is -0.466 e. The number of hydrogen-bond donors (Lipinski definition) is 0. The van der Waals surface area contributed by atoms with Crippen molar-refractivity contribution in [2.24, 2.45) is 0 Å². The summed E-state index contributed by atoms with van der Waals surface area (Å²) < 4.78 is 4.89. The van der Waals surface area contributed by atoms with Crippen LogP contribution in [0.3, 0.4) is 0 Å². The van der Waals surface area contributed by atoms with Crippen LogP contribution in [0.2, 0.25) is 0 Å². The number of ether oxygens (including phenoxy) is 1. The van der Waals surface area contributed by atoms with E-state index in [0.717, 1.165) is 0 Å². The van der Waals surface area contributed by atoms with E-state index in [1.54, 1.807) is 36.1 Å². The largest absolute Gasteiger partial charge is 0.466 e. The molecule has 5 heteroatoms. The number of esters is 1. The van der Waals surface area contributed by atoms with Crippen molar-refractivity contribution in [3.63, 3.8) is 0 Å². The number of hydrogen-bond acceptors (Lipinski definition) is 4. The van der Waals surface area contributed by atoms with Crippen LogP contribution in [0, 0.1) is 0 Å². The maximum absolute atomic E-state index is 12.6. The molecule has 0 bridgehead atoms. The Morgan fingerprint density at radius 1 is 1.27 bits per heavy atom. The van der Waals surface area contributed by atoms with Crippen molar-refractivity contribution in [3.8, 4) is 0 Å². The molecule has 0 aromatic heterocycles. The van der Waals surface area contributed by atoms with Crippen LogP contribution in [0.5, 0.6) is 0 Å². The van der Waals surface area contributed by atoms with Crippen LogP contribution >= 0.6 is 0 Å². The second-order valence-electron chi connectivity index (χ2n) is 5.29. The first kappa shape index (κ1) is 16.2. The van der Waals surface area contributed by atoms with Gasteiger partial charge >= 0.3 is 5.97 Å². The van der Waals surface area contributed by atoms with Crippen molar-refractivity contribution in [2.75, 3.05) is 13.2 Å². The SMILES string of the molecule is CCOC(=O)CCC1C(=O)CCCN1C(=O)c1ccccc1. The van der Waals surface area contributed by atoms with E-state index in [4.69, 9.17) is 4.74 Å². The third-order valence-electron chi connectivity index (χ3n) is 3.78. The molecular weight excluding hydrogens is 282 g/mol. The Labute approximate surface area is 130 Å². The monoisotopic (exact) mass is 303 g/mol. The lowest BCUT2D eigenvalue weighted by Gasteiger charge is -2.34.